The number of hydrogen-bond donors (Lipinski definition) is 0. The van der Waals surface area contributed by atoms with Crippen molar-refractivity contribution in [2.24, 2.45) is 0 Å². The van der Waals surface area contributed by atoms with Crippen LogP contribution in [0.1, 0.15) is 8.22 Å². The lowest BCUT2D eigenvalue weighted by atomic mass is 10.1. The van der Waals surface area contributed by atoms with Crippen LogP contribution >= 0.6 is 0 Å². The Bertz CT molecular complexity index is 1480. The van der Waals surface area contributed by atoms with Gasteiger partial charge >= 0.3 is 0 Å². The monoisotopic (exact) mass is 328 g/mol. The number of pyridine rings is 2. The molecule has 118 valence electrons. The van der Waals surface area contributed by atoms with Gasteiger partial charge in [0.2, 0.25) is 5.71 Å². The van der Waals surface area contributed by atoms with Crippen molar-refractivity contribution in [1.82, 2.24) is 9.97 Å². The maximum absolute atomic E-state index is 8.19. The Hall–Kier alpha value is -3.46. The van der Waals surface area contributed by atoms with E-state index in [0.29, 0.717) is 22.9 Å². The van der Waals surface area contributed by atoms with Gasteiger partial charge in [-0.1, -0.05) is 48.4 Å². The molecule has 0 unspecified atom stereocenters. The van der Waals surface area contributed by atoms with E-state index >= 15 is 0 Å². The van der Waals surface area contributed by atoms with Crippen LogP contribution in [-0.4, -0.2) is 9.97 Å². The second kappa shape index (κ2) is 5.56. The Morgan fingerprint density at radius 1 is 0.800 bits per heavy atom. The van der Waals surface area contributed by atoms with Crippen LogP contribution in [0.15, 0.2) is 89.3 Å². The minimum absolute atomic E-state index is 0.0251. The summed E-state index contributed by atoms with van der Waals surface area (Å²) in [4.78, 5) is 8.81. The van der Waals surface area contributed by atoms with E-state index in [9.17, 15) is 0 Å². The molecule has 5 aromatic rings. The third-order valence-corrected chi connectivity index (χ3v) is 4.00. The minimum Gasteiger partial charge on any atom is -0.437 e. The van der Waals surface area contributed by atoms with Crippen LogP contribution in [0.4, 0.5) is 0 Å². The van der Waals surface area contributed by atoms with Crippen molar-refractivity contribution < 1.29 is 12.6 Å². The molecule has 0 spiro atoms. The first kappa shape index (κ1) is 9.14. The summed E-state index contributed by atoms with van der Waals surface area (Å²) in [7, 11) is 0. The van der Waals surface area contributed by atoms with E-state index in [1.165, 1.54) is 0 Å². The van der Waals surface area contributed by atoms with Gasteiger partial charge in [-0.15, -0.1) is 0 Å². The average Bonchev–Trinajstić information content (AvgIpc) is 3.14. The predicted octanol–water partition coefficient (Wildman–Crippen LogP) is 5.71. The smallest absolute Gasteiger partial charge is 0.227 e. The predicted molar refractivity (Wildman–Crippen MR) is 100 cm³/mol. The van der Waals surface area contributed by atoms with Crippen LogP contribution in [0.5, 0.6) is 0 Å². The molecule has 3 aromatic heterocycles. The first-order valence-electron chi connectivity index (χ1n) is 10.7. The minimum atomic E-state index is -0.447. The van der Waals surface area contributed by atoms with Crippen molar-refractivity contribution >= 4 is 22.1 Å². The van der Waals surface area contributed by atoms with Gasteiger partial charge in [-0.05, 0) is 30.3 Å². The number of benzene rings is 2. The van der Waals surface area contributed by atoms with Crippen molar-refractivity contribution in [3.05, 3.63) is 84.9 Å². The number of hydrogen-bond acceptors (Lipinski definition) is 3. The lowest BCUT2D eigenvalue weighted by molar-refractivity contribution is 0.655. The van der Waals surface area contributed by atoms with Gasteiger partial charge in [-0.2, -0.15) is 0 Å². The van der Waals surface area contributed by atoms with E-state index in [0.717, 1.165) is 10.8 Å². The molecule has 0 N–H and O–H groups in total. The average molecular weight is 328 g/mol. The first-order chi connectivity index (χ1) is 14.9. The zero-order valence-corrected chi connectivity index (χ0v) is 12.9. The van der Waals surface area contributed by atoms with E-state index < -0.39 is 18.1 Å². The van der Waals surface area contributed by atoms with Crippen molar-refractivity contribution in [3.63, 3.8) is 0 Å². The molecule has 3 heterocycles. The van der Waals surface area contributed by atoms with Crippen LogP contribution in [-0.2, 0) is 0 Å². The third-order valence-electron chi connectivity index (χ3n) is 4.00. The number of para-hydroxylation sites is 1. The summed E-state index contributed by atoms with van der Waals surface area (Å²) >= 11 is 0. The SMILES string of the molecule is [2H]c1ccnc(-c2cccc3c2oc2nc(-c4c([2H])c([2H])c([2H])c([2H])c4[2H])ccc23)c1. The molecule has 0 saturated carbocycles. The molecule has 0 atom stereocenters. The number of furan rings is 1. The fraction of sp³-hybridized carbons (Fsp3) is 0. The van der Waals surface area contributed by atoms with Gasteiger partial charge in [-0.25, -0.2) is 4.98 Å². The van der Waals surface area contributed by atoms with Crippen LogP contribution < -0.4 is 0 Å². The van der Waals surface area contributed by atoms with Crippen LogP contribution in [0.3, 0.4) is 0 Å². The normalized spacial score (nSPS) is 14.6. The molecule has 0 amide bonds. The molecule has 25 heavy (non-hydrogen) atoms. The van der Waals surface area contributed by atoms with Crippen molar-refractivity contribution in [2.45, 2.75) is 0 Å². The number of aromatic nitrogens is 2. The maximum atomic E-state index is 8.19. The molecule has 0 fully saturated rings. The second-order valence-electron chi connectivity index (χ2n) is 5.47. The highest BCUT2D eigenvalue weighted by Crippen LogP contribution is 2.35. The van der Waals surface area contributed by atoms with Gasteiger partial charge in [-0.3, -0.25) is 4.98 Å². The van der Waals surface area contributed by atoms with E-state index in [4.69, 9.17) is 12.6 Å². The second-order valence-corrected chi connectivity index (χ2v) is 5.47. The van der Waals surface area contributed by atoms with E-state index in [1.54, 1.807) is 30.5 Å². The zero-order valence-electron chi connectivity index (χ0n) is 18.9. The molecular formula is C22H14N2O. The summed E-state index contributed by atoms with van der Waals surface area (Å²) in [5, 5.41) is 1.54. The van der Waals surface area contributed by atoms with Crippen LogP contribution in [0.2, 0.25) is 0 Å². The Morgan fingerprint density at radius 2 is 1.72 bits per heavy atom. The lowest BCUT2D eigenvalue weighted by Crippen LogP contribution is -1.82. The fourth-order valence-corrected chi connectivity index (χ4v) is 2.87. The van der Waals surface area contributed by atoms with Gasteiger partial charge in [0.05, 0.1) is 19.6 Å². The van der Waals surface area contributed by atoms with Crippen LogP contribution in [0.25, 0.3) is 44.6 Å². The molecule has 2 aromatic carbocycles. The van der Waals surface area contributed by atoms with E-state index in [2.05, 4.69) is 9.97 Å². The summed E-state index contributed by atoms with van der Waals surface area (Å²) in [5.74, 6) is 0. The van der Waals surface area contributed by atoms with Gasteiger partial charge < -0.3 is 4.42 Å². The van der Waals surface area contributed by atoms with E-state index in [1.807, 2.05) is 18.2 Å². The Labute approximate surface area is 153 Å². The van der Waals surface area contributed by atoms with Gasteiger partial charge in [0.1, 0.15) is 5.58 Å². The quantitative estimate of drug-likeness (QED) is 0.416. The molecule has 0 radical (unpaired) electrons. The van der Waals surface area contributed by atoms with E-state index in [-0.39, 0.29) is 29.1 Å². The third kappa shape index (κ3) is 2.29. The number of rotatable bonds is 2. The summed E-state index contributed by atoms with van der Waals surface area (Å²) in [6.07, 6.45) is 1.56. The number of nitrogens with zero attached hydrogens (tertiary/aromatic N) is 2. The molecule has 5 rings (SSSR count). The van der Waals surface area contributed by atoms with Crippen molar-refractivity contribution in [1.29, 1.82) is 0 Å². The summed E-state index contributed by atoms with van der Waals surface area (Å²) in [5.41, 5.74) is 2.42. The molecule has 3 heteroatoms. The molecule has 0 aliphatic rings. The highest BCUT2D eigenvalue weighted by Gasteiger charge is 2.14. The Morgan fingerprint density at radius 3 is 2.60 bits per heavy atom. The number of fused-ring (bicyclic) bond motifs is 3. The standard InChI is InChI=1S/C22H14N2O/c1-2-7-15(8-3-1)19-13-12-17-16-9-6-10-18(20-11-4-5-14-23-20)21(16)25-22(17)24-19/h1-14H/i1D,2D,3D,4D,7D,8D. The summed E-state index contributed by atoms with van der Waals surface area (Å²) < 4.78 is 53.8. The Balaban J connectivity index is 1.76. The summed E-state index contributed by atoms with van der Waals surface area (Å²) in [6.45, 7) is 0. The molecule has 0 bridgehead atoms. The Kier molecular flexibility index (Phi) is 2.03. The maximum Gasteiger partial charge on any atom is 0.227 e. The van der Waals surface area contributed by atoms with Gasteiger partial charge in [0, 0.05) is 28.1 Å². The molecule has 0 aliphatic carbocycles. The molecule has 3 nitrogen and oxygen atoms in total. The fourth-order valence-electron chi connectivity index (χ4n) is 2.87. The van der Waals surface area contributed by atoms with Crippen molar-refractivity contribution in [2.75, 3.05) is 0 Å². The molecule has 0 aliphatic heterocycles. The molecule has 0 saturated heterocycles. The van der Waals surface area contributed by atoms with Crippen molar-refractivity contribution in [3.8, 4) is 22.5 Å². The van der Waals surface area contributed by atoms with Crippen LogP contribution in [0, 0.1) is 0 Å². The summed E-state index contributed by atoms with van der Waals surface area (Å²) in [6, 6.07) is 10.7. The van der Waals surface area contributed by atoms with Gasteiger partial charge in [0.15, 0.2) is 0 Å². The molecular weight excluding hydrogens is 308 g/mol. The highest BCUT2D eigenvalue weighted by molar-refractivity contribution is 6.08. The first-order valence-corrected chi connectivity index (χ1v) is 7.69. The topological polar surface area (TPSA) is 38.9 Å². The highest BCUT2D eigenvalue weighted by atomic mass is 16.3. The lowest BCUT2D eigenvalue weighted by Gasteiger charge is -2.00. The van der Waals surface area contributed by atoms with Gasteiger partial charge in [0.25, 0.3) is 0 Å². The largest absolute Gasteiger partial charge is 0.437 e. The zero-order chi connectivity index (χ0) is 21.9.